The van der Waals surface area contributed by atoms with Crippen LogP contribution in [-0.2, 0) is 19.4 Å². The lowest BCUT2D eigenvalue weighted by atomic mass is 10.0. The Labute approximate surface area is 148 Å². The Morgan fingerprint density at radius 1 is 1.16 bits per heavy atom. The fraction of sp³-hybridized carbons (Fsp3) is 0.529. The minimum absolute atomic E-state index is 0.0554. The highest BCUT2D eigenvalue weighted by Gasteiger charge is 2.27. The predicted molar refractivity (Wildman–Crippen MR) is 98.4 cm³/mol. The van der Waals surface area contributed by atoms with Crippen LogP contribution in [0.25, 0.3) is 0 Å². The number of amides is 2. The summed E-state index contributed by atoms with van der Waals surface area (Å²) in [6, 6.07) is 7.39. The Morgan fingerprint density at radius 3 is 2.40 bits per heavy atom. The van der Waals surface area contributed by atoms with Crippen LogP contribution in [-0.4, -0.2) is 52.4 Å². The topological polar surface area (TPSA) is 95.6 Å². The average Bonchev–Trinajstić information content (AvgIpc) is 2.90. The van der Waals surface area contributed by atoms with Crippen molar-refractivity contribution in [3.8, 4) is 0 Å². The SMILES string of the molecule is CN(C)c1ccc(NC(=O)CNC(=O)CCC2CCS(=O)(=O)C2)cc1. The van der Waals surface area contributed by atoms with Crippen LogP contribution in [0.2, 0.25) is 0 Å². The van der Waals surface area contributed by atoms with E-state index in [-0.39, 0.29) is 42.2 Å². The molecule has 0 aromatic heterocycles. The number of nitrogens with zero attached hydrogens (tertiary/aromatic N) is 1. The quantitative estimate of drug-likeness (QED) is 0.750. The number of rotatable bonds is 7. The summed E-state index contributed by atoms with van der Waals surface area (Å²) in [6.07, 6.45) is 1.41. The van der Waals surface area contributed by atoms with Crippen molar-refractivity contribution in [1.29, 1.82) is 0 Å². The summed E-state index contributed by atoms with van der Waals surface area (Å²) < 4.78 is 22.8. The van der Waals surface area contributed by atoms with Crippen molar-refractivity contribution in [3.63, 3.8) is 0 Å². The van der Waals surface area contributed by atoms with Crippen molar-refractivity contribution in [1.82, 2.24) is 5.32 Å². The van der Waals surface area contributed by atoms with Crippen LogP contribution in [0, 0.1) is 5.92 Å². The van der Waals surface area contributed by atoms with E-state index in [0.717, 1.165) is 5.69 Å². The first kappa shape index (κ1) is 19.2. The van der Waals surface area contributed by atoms with Gasteiger partial charge in [0.15, 0.2) is 9.84 Å². The molecule has 0 aliphatic carbocycles. The van der Waals surface area contributed by atoms with E-state index in [0.29, 0.717) is 18.5 Å². The van der Waals surface area contributed by atoms with Gasteiger partial charge in [0, 0.05) is 31.9 Å². The second kappa shape index (κ2) is 8.33. The summed E-state index contributed by atoms with van der Waals surface area (Å²) in [5.41, 5.74) is 1.70. The fourth-order valence-electron chi connectivity index (χ4n) is 2.75. The molecule has 1 fully saturated rings. The second-order valence-corrected chi connectivity index (χ2v) is 8.80. The number of anilines is 2. The van der Waals surface area contributed by atoms with Crippen LogP contribution in [0.3, 0.4) is 0 Å². The highest BCUT2D eigenvalue weighted by molar-refractivity contribution is 7.91. The lowest BCUT2D eigenvalue weighted by molar-refractivity contribution is -0.124. The summed E-state index contributed by atoms with van der Waals surface area (Å²) in [7, 11) is 0.958. The van der Waals surface area contributed by atoms with E-state index in [1.807, 2.05) is 31.1 Å². The molecule has 25 heavy (non-hydrogen) atoms. The number of nitrogens with one attached hydrogen (secondary N) is 2. The molecule has 0 spiro atoms. The molecule has 1 saturated heterocycles. The highest BCUT2D eigenvalue weighted by Crippen LogP contribution is 2.22. The van der Waals surface area contributed by atoms with Crippen molar-refractivity contribution in [2.24, 2.45) is 5.92 Å². The second-order valence-electron chi connectivity index (χ2n) is 6.57. The highest BCUT2D eigenvalue weighted by atomic mass is 32.2. The van der Waals surface area contributed by atoms with E-state index in [2.05, 4.69) is 10.6 Å². The van der Waals surface area contributed by atoms with Gasteiger partial charge in [0.25, 0.3) is 0 Å². The molecular formula is C17H25N3O4S. The van der Waals surface area contributed by atoms with E-state index in [9.17, 15) is 18.0 Å². The normalized spacial score (nSPS) is 18.6. The van der Waals surface area contributed by atoms with Crippen LogP contribution < -0.4 is 15.5 Å². The zero-order valence-electron chi connectivity index (χ0n) is 14.6. The number of carbonyl (C=O) groups excluding carboxylic acids is 2. The maximum absolute atomic E-state index is 11.9. The van der Waals surface area contributed by atoms with Crippen molar-refractivity contribution >= 4 is 33.0 Å². The van der Waals surface area contributed by atoms with Gasteiger partial charge in [0.2, 0.25) is 11.8 Å². The molecule has 1 aromatic rings. The summed E-state index contributed by atoms with van der Waals surface area (Å²) in [5, 5.41) is 5.29. The molecule has 2 rings (SSSR count). The van der Waals surface area contributed by atoms with E-state index in [4.69, 9.17) is 0 Å². The molecule has 0 bridgehead atoms. The maximum Gasteiger partial charge on any atom is 0.243 e. The van der Waals surface area contributed by atoms with Gasteiger partial charge in [0.1, 0.15) is 0 Å². The number of sulfone groups is 1. The zero-order chi connectivity index (χ0) is 18.4. The van der Waals surface area contributed by atoms with Crippen molar-refractivity contribution in [3.05, 3.63) is 24.3 Å². The van der Waals surface area contributed by atoms with Gasteiger partial charge >= 0.3 is 0 Å². The molecule has 1 unspecified atom stereocenters. The summed E-state index contributed by atoms with van der Waals surface area (Å²) >= 11 is 0. The summed E-state index contributed by atoms with van der Waals surface area (Å²) in [4.78, 5) is 25.6. The van der Waals surface area contributed by atoms with Crippen LogP contribution in [0.15, 0.2) is 24.3 Å². The van der Waals surface area contributed by atoms with Gasteiger partial charge < -0.3 is 15.5 Å². The molecule has 2 N–H and O–H groups in total. The van der Waals surface area contributed by atoms with Crippen molar-refractivity contribution in [2.45, 2.75) is 19.3 Å². The monoisotopic (exact) mass is 367 g/mol. The Balaban J connectivity index is 1.68. The molecule has 2 amide bonds. The molecule has 1 atom stereocenters. The average molecular weight is 367 g/mol. The molecule has 7 nitrogen and oxygen atoms in total. The standard InChI is InChI=1S/C17H25N3O4S/c1-20(2)15-6-4-14(5-7-15)19-17(22)11-18-16(21)8-3-13-9-10-25(23,24)12-13/h4-7,13H,3,8-12H2,1-2H3,(H,18,21)(H,19,22). The van der Waals surface area contributed by atoms with Crippen molar-refractivity contribution < 1.29 is 18.0 Å². The number of carbonyl (C=O) groups is 2. The van der Waals surface area contributed by atoms with Gasteiger partial charge in [-0.2, -0.15) is 0 Å². The van der Waals surface area contributed by atoms with E-state index < -0.39 is 9.84 Å². The van der Waals surface area contributed by atoms with Crippen LogP contribution in [0.4, 0.5) is 11.4 Å². The van der Waals surface area contributed by atoms with Gasteiger partial charge in [-0.3, -0.25) is 9.59 Å². The minimum atomic E-state index is -2.91. The largest absolute Gasteiger partial charge is 0.378 e. The van der Waals surface area contributed by atoms with E-state index >= 15 is 0 Å². The van der Waals surface area contributed by atoms with E-state index in [1.54, 1.807) is 12.1 Å². The number of benzene rings is 1. The molecular weight excluding hydrogens is 342 g/mol. The van der Waals surface area contributed by atoms with E-state index in [1.165, 1.54) is 0 Å². The molecule has 1 heterocycles. The Morgan fingerprint density at radius 2 is 1.84 bits per heavy atom. The Bertz CT molecular complexity index is 714. The van der Waals surface area contributed by atoms with Crippen LogP contribution >= 0.6 is 0 Å². The van der Waals surface area contributed by atoms with Gasteiger partial charge in [0.05, 0.1) is 18.1 Å². The van der Waals surface area contributed by atoms with Crippen LogP contribution in [0.5, 0.6) is 0 Å². The molecule has 1 aliphatic heterocycles. The first-order valence-electron chi connectivity index (χ1n) is 8.29. The molecule has 0 saturated carbocycles. The predicted octanol–water partition coefficient (Wildman–Crippen LogP) is 1.02. The third-order valence-electron chi connectivity index (χ3n) is 4.22. The first-order chi connectivity index (χ1) is 11.7. The minimum Gasteiger partial charge on any atom is -0.378 e. The molecule has 1 aromatic carbocycles. The fourth-order valence-corrected chi connectivity index (χ4v) is 4.66. The zero-order valence-corrected chi connectivity index (χ0v) is 15.4. The third kappa shape index (κ3) is 6.38. The summed E-state index contributed by atoms with van der Waals surface area (Å²) in [6.45, 7) is -0.1000. The first-order valence-corrected chi connectivity index (χ1v) is 10.1. The number of hydrogen-bond acceptors (Lipinski definition) is 5. The van der Waals surface area contributed by atoms with Gasteiger partial charge in [-0.15, -0.1) is 0 Å². The number of hydrogen-bond donors (Lipinski definition) is 2. The maximum atomic E-state index is 11.9. The molecule has 1 aliphatic rings. The lowest BCUT2D eigenvalue weighted by Crippen LogP contribution is -2.33. The summed E-state index contributed by atoms with van der Waals surface area (Å²) in [5.74, 6) is -0.0885. The Hall–Kier alpha value is -2.09. The molecule has 138 valence electrons. The van der Waals surface area contributed by atoms with Gasteiger partial charge in [-0.25, -0.2) is 8.42 Å². The molecule has 0 radical (unpaired) electrons. The van der Waals surface area contributed by atoms with Crippen LogP contribution in [0.1, 0.15) is 19.3 Å². The van der Waals surface area contributed by atoms with Gasteiger partial charge in [-0.1, -0.05) is 0 Å². The smallest absolute Gasteiger partial charge is 0.243 e. The van der Waals surface area contributed by atoms with Crippen molar-refractivity contribution in [2.75, 3.05) is 42.4 Å². The lowest BCUT2D eigenvalue weighted by Gasteiger charge is -2.13. The molecule has 8 heteroatoms. The third-order valence-corrected chi connectivity index (χ3v) is 6.06. The Kier molecular flexibility index (Phi) is 6.41. The van der Waals surface area contributed by atoms with Gasteiger partial charge in [-0.05, 0) is 43.0 Å².